The molecule has 1 aromatic carbocycles. The zero-order valence-electron chi connectivity index (χ0n) is 11.3. The number of phenolic OH excluding ortho intramolecular Hbond substituents is 1. The number of hydrogen-bond donors (Lipinski definition) is 1. The summed E-state index contributed by atoms with van der Waals surface area (Å²) >= 11 is 5.94. The number of hydrogen-bond acceptors (Lipinski definition) is 2. The first-order valence-electron chi connectivity index (χ1n) is 5.89. The van der Waals surface area contributed by atoms with Gasteiger partial charge in [0.2, 0.25) is 0 Å². The van der Waals surface area contributed by atoms with E-state index in [2.05, 4.69) is 39.6 Å². The number of benzene rings is 1. The molecule has 0 aromatic heterocycles. The molecule has 1 unspecified atom stereocenters. The molecular weight excluding hydrogens is 234 g/mol. The van der Waals surface area contributed by atoms with Gasteiger partial charge in [0.1, 0.15) is 5.75 Å². The Kier molecular flexibility index (Phi) is 4.45. The van der Waals surface area contributed by atoms with Crippen LogP contribution in [0.5, 0.6) is 5.75 Å². The molecule has 1 aromatic rings. The third-order valence-corrected chi connectivity index (χ3v) is 3.61. The maximum Gasteiger partial charge on any atom is 0.120 e. The lowest BCUT2D eigenvalue weighted by molar-refractivity contribution is 0.133. The van der Waals surface area contributed by atoms with E-state index in [4.69, 9.17) is 11.6 Å². The van der Waals surface area contributed by atoms with Crippen molar-refractivity contribution in [3.8, 4) is 5.75 Å². The Labute approximate surface area is 109 Å². The van der Waals surface area contributed by atoms with E-state index in [0.717, 1.165) is 5.56 Å². The topological polar surface area (TPSA) is 23.5 Å². The molecule has 3 heteroatoms. The molecule has 1 N–H and O–H groups in total. The number of halogens is 1. The van der Waals surface area contributed by atoms with Crippen LogP contribution in [-0.4, -0.2) is 23.1 Å². The Bertz CT molecular complexity index is 384. The van der Waals surface area contributed by atoms with Crippen LogP contribution in [0.25, 0.3) is 0 Å². The molecule has 0 radical (unpaired) electrons. The van der Waals surface area contributed by atoms with Crippen molar-refractivity contribution in [2.45, 2.75) is 40.3 Å². The third kappa shape index (κ3) is 3.90. The minimum Gasteiger partial charge on any atom is -0.508 e. The maximum atomic E-state index is 9.78. The van der Waals surface area contributed by atoms with Crippen molar-refractivity contribution in [1.29, 1.82) is 0 Å². The summed E-state index contributed by atoms with van der Waals surface area (Å²) in [7, 11) is 2.07. The fourth-order valence-electron chi connectivity index (χ4n) is 1.75. The van der Waals surface area contributed by atoms with Crippen molar-refractivity contribution in [2.24, 2.45) is 5.41 Å². The van der Waals surface area contributed by atoms with Gasteiger partial charge in [-0.2, -0.15) is 0 Å². The van der Waals surface area contributed by atoms with Gasteiger partial charge in [0.15, 0.2) is 0 Å². The van der Waals surface area contributed by atoms with Gasteiger partial charge in [-0.1, -0.05) is 32.4 Å². The second-order valence-corrected chi connectivity index (χ2v) is 6.17. The molecule has 2 nitrogen and oxygen atoms in total. The third-order valence-electron chi connectivity index (χ3n) is 3.38. The second-order valence-electron chi connectivity index (χ2n) is 5.73. The standard InChI is InChI=1S/C14H22ClNO/c1-10(14(2,3)4)16(5)9-11-8-12(15)6-7-13(11)17/h6-8,10,17H,9H2,1-5H3. The largest absolute Gasteiger partial charge is 0.508 e. The summed E-state index contributed by atoms with van der Waals surface area (Å²) in [5.74, 6) is 0.308. The number of nitrogens with zero attached hydrogens (tertiary/aromatic N) is 1. The van der Waals surface area contributed by atoms with Gasteiger partial charge in [0.25, 0.3) is 0 Å². The predicted octanol–water partition coefficient (Wildman–Crippen LogP) is 3.91. The van der Waals surface area contributed by atoms with Crippen molar-refractivity contribution in [2.75, 3.05) is 7.05 Å². The van der Waals surface area contributed by atoms with Crippen molar-refractivity contribution in [1.82, 2.24) is 4.90 Å². The highest BCUT2D eigenvalue weighted by Crippen LogP contribution is 2.27. The zero-order chi connectivity index (χ0) is 13.2. The number of aromatic hydroxyl groups is 1. The quantitative estimate of drug-likeness (QED) is 0.885. The maximum absolute atomic E-state index is 9.78. The van der Waals surface area contributed by atoms with Crippen LogP contribution in [0.2, 0.25) is 5.02 Å². The van der Waals surface area contributed by atoms with Gasteiger partial charge in [-0.15, -0.1) is 0 Å². The molecule has 0 spiro atoms. The minimum absolute atomic E-state index is 0.211. The predicted molar refractivity (Wildman–Crippen MR) is 73.5 cm³/mol. The first-order valence-corrected chi connectivity index (χ1v) is 6.27. The van der Waals surface area contributed by atoms with E-state index < -0.39 is 0 Å². The zero-order valence-corrected chi connectivity index (χ0v) is 12.0. The highest BCUT2D eigenvalue weighted by molar-refractivity contribution is 6.30. The molecular formula is C14H22ClNO. The molecule has 0 saturated heterocycles. The summed E-state index contributed by atoms with van der Waals surface area (Å²) < 4.78 is 0. The van der Waals surface area contributed by atoms with E-state index in [1.165, 1.54) is 0 Å². The summed E-state index contributed by atoms with van der Waals surface area (Å²) in [5, 5.41) is 10.4. The highest BCUT2D eigenvalue weighted by Gasteiger charge is 2.24. The van der Waals surface area contributed by atoms with Gasteiger partial charge < -0.3 is 5.11 Å². The molecule has 0 bridgehead atoms. The monoisotopic (exact) mass is 255 g/mol. The van der Waals surface area contributed by atoms with E-state index in [9.17, 15) is 5.11 Å². The van der Waals surface area contributed by atoms with Gasteiger partial charge >= 0.3 is 0 Å². The summed E-state index contributed by atoms with van der Waals surface area (Å²) in [5.41, 5.74) is 1.08. The summed E-state index contributed by atoms with van der Waals surface area (Å²) in [4.78, 5) is 2.23. The number of phenols is 1. The van der Waals surface area contributed by atoms with Gasteiger partial charge in [-0.3, -0.25) is 4.90 Å². The van der Waals surface area contributed by atoms with E-state index in [-0.39, 0.29) is 5.41 Å². The molecule has 17 heavy (non-hydrogen) atoms. The molecule has 1 rings (SSSR count). The molecule has 0 heterocycles. The smallest absolute Gasteiger partial charge is 0.120 e. The molecule has 0 aliphatic heterocycles. The molecule has 0 fully saturated rings. The van der Waals surface area contributed by atoms with Crippen molar-refractivity contribution in [3.05, 3.63) is 28.8 Å². The highest BCUT2D eigenvalue weighted by atomic mass is 35.5. The average molecular weight is 256 g/mol. The van der Waals surface area contributed by atoms with Crippen LogP contribution in [0.3, 0.4) is 0 Å². The van der Waals surface area contributed by atoms with Gasteiger partial charge in [-0.25, -0.2) is 0 Å². The Morgan fingerprint density at radius 3 is 2.47 bits per heavy atom. The van der Waals surface area contributed by atoms with Gasteiger partial charge in [0.05, 0.1) is 0 Å². The first-order chi connectivity index (χ1) is 7.71. The van der Waals surface area contributed by atoms with Crippen LogP contribution in [-0.2, 0) is 6.54 Å². The van der Waals surface area contributed by atoms with Crippen LogP contribution in [0.4, 0.5) is 0 Å². The van der Waals surface area contributed by atoms with Gasteiger partial charge in [0, 0.05) is 23.2 Å². The molecule has 96 valence electrons. The van der Waals surface area contributed by atoms with Crippen LogP contribution < -0.4 is 0 Å². The van der Waals surface area contributed by atoms with E-state index in [1.54, 1.807) is 12.1 Å². The van der Waals surface area contributed by atoms with E-state index in [0.29, 0.717) is 23.4 Å². The Balaban J connectivity index is 2.81. The summed E-state index contributed by atoms with van der Waals surface area (Å²) in [6.07, 6.45) is 0. The fourth-order valence-corrected chi connectivity index (χ4v) is 1.94. The van der Waals surface area contributed by atoms with Crippen molar-refractivity contribution < 1.29 is 5.11 Å². The molecule has 1 atom stereocenters. The molecule has 0 aliphatic rings. The molecule has 0 saturated carbocycles. The van der Waals surface area contributed by atoms with Crippen molar-refractivity contribution in [3.63, 3.8) is 0 Å². The van der Waals surface area contributed by atoms with Crippen LogP contribution in [0.15, 0.2) is 18.2 Å². The lowest BCUT2D eigenvalue weighted by Gasteiger charge is -2.35. The normalized spacial score (nSPS) is 14.1. The summed E-state index contributed by atoms with van der Waals surface area (Å²) in [6.45, 7) is 9.54. The molecule has 0 amide bonds. The molecule has 0 aliphatic carbocycles. The fraction of sp³-hybridized carbons (Fsp3) is 0.571. The minimum atomic E-state index is 0.211. The Hall–Kier alpha value is -0.730. The lowest BCUT2D eigenvalue weighted by atomic mass is 9.87. The van der Waals surface area contributed by atoms with Crippen LogP contribution in [0, 0.1) is 5.41 Å². The van der Waals surface area contributed by atoms with Crippen LogP contribution in [0.1, 0.15) is 33.3 Å². The van der Waals surface area contributed by atoms with E-state index in [1.807, 2.05) is 6.07 Å². The Morgan fingerprint density at radius 1 is 1.35 bits per heavy atom. The first kappa shape index (κ1) is 14.3. The van der Waals surface area contributed by atoms with Crippen LogP contribution >= 0.6 is 11.6 Å². The SMILES string of the molecule is CC(N(C)Cc1cc(Cl)ccc1O)C(C)(C)C. The lowest BCUT2D eigenvalue weighted by Crippen LogP contribution is -2.38. The second kappa shape index (κ2) is 5.28. The Morgan fingerprint density at radius 2 is 1.94 bits per heavy atom. The average Bonchev–Trinajstić information content (AvgIpc) is 2.21. The number of rotatable bonds is 3. The van der Waals surface area contributed by atoms with Gasteiger partial charge in [-0.05, 0) is 37.6 Å². The van der Waals surface area contributed by atoms with Crippen molar-refractivity contribution >= 4 is 11.6 Å². The van der Waals surface area contributed by atoms with E-state index >= 15 is 0 Å². The summed E-state index contributed by atoms with van der Waals surface area (Å²) in [6, 6.07) is 5.59.